The van der Waals surface area contributed by atoms with E-state index in [0.717, 1.165) is 12.1 Å². The van der Waals surface area contributed by atoms with Crippen LogP contribution in [-0.4, -0.2) is 36.2 Å². The van der Waals surface area contributed by atoms with Crippen molar-refractivity contribution in [1.29, 1.82) is 0 Å². The van der Waals surface area contributed by atoms with Crippen LogP contribution < -0.4 is 11.5 Å². The Morgan fingerprint density at radius 1 is 0.524 bits per heavy atom. The Balaban J connectivity index is 1.63. The van der Waals surface area contributed by atoms with Gasteiger partial charge in [0.25, 0.3) is 20.2 Å². The number of aromatic hydroxyl groups is 2. The molecule has 0 spiro atoms. The molecule has 0 heterocycles. The van der Waals surface area contributed by atoms with Crippen molar-refractivity contribution in [3.05, 3.63) is 72.8 Å². The molecule has 16 heteroatoms. The minimum Gasteiger partial charge on any atom is -0.505 e. The highest BCUT2D eigenvalue weighted by Crippen LogP contribution is 2.44. The maximum Gasteiger partial charge on any atom is 0.296 e. The van der Waals surface area contributed by atoms with E-state index in [-0.39, 0.29) is 32.9 Å². The fourth-order valence-electron chi connectivity index (χ4n) is 4.10. The molecule has 0 aliphatic heterocycles. The number of nitrogen functional groups attached to an aromatic ring is 2. The maximum atomic E-state index is 12.2. The Hall–Kier alpha value is -5.16. The molecule has 5 aromatic rings. The lowest BCUT2D eigenvalue weighted by Crippen LogP contribution is -1.99. The van der Waals surface area contributed by atoms with Crippen molar-refractivity contribution in [1.82, 2.24) is 0 Å². The van der Waals surface area contributed by atoms with Gasteiger partial charge in [0, 0.05) is 22.1 Å². The summed E-state index contributed by atoms with van der Waals surface area (Å²) in [5.74, 6) is -1.22. The van der Waals surface area contributed by atoms with Crippen molar-refractivity contribution in [3.8, 4) is 11.5 Å². The second-order valence-corrected chi connectivity index (χ2v) is 11.8. The highest BCUT2D eigenvalue weighted by atomic mass is 32.2. The van der Waals surface area contributed by atoms with Crippen molar-refractivity contribution in [3.63, 3.8) is 0 Å². The van der Waals surface area contributed by atoms with E-state index in [1.807, 2.05) is 0 Å². The summed E-state index contributed by atoms with van der Waals surface area (Å²) < 4.78 is 68.0. The summed E-state index contributed by atoms with van der Waals surface area (Å²) in [6.45, 7) is 0. The van der Waals surface area contributed by atoms with Gasteiger partial charge in [0.05, 0.1) is 11.4 Å². The summed E-state index contributed by atoms with van der Waals surface area (Å²) in [4.78, 5) is -1.47. The molecular weight excluding hydrogens is 588 g/mol. The van der Waals surface area contributed by atoms with E-state index in [4.69, 9.17) is 11.5 Å². The summed E-state index contributed by atoms with van der Waals surface area (Å²) in [6, 6.07) is 16.5. The van der Waals surface area contributed by atoms with E-state index >= 15 is 0 Å². The van der Waals surface area contributed by atoms with Gasteiger partial charge in [-0.3, -0.25) is 9.11 Å². The molecule has 0 radical (unpaired) electrons. The van der Waals surface area contributed by atoms with Gasteiger partial charge < -0.3 is 21.7 Å². The monoisotopic (exact) mass is 608 g/mol. The Labute approximate surface area is 237 Å². The topological polar surface area (TPSA) is 251 Å². The predicted octanol–water partition coefficient (Wildman–Crippen LogP) is 5.89. The van der Waals surface area contributed by atoms with Crippen molar-refractivity contribution in [2.75, 3.05) is 11.5 Å². The predicted molar refractivity (Wildman–Crippen MR) is 154 cm³/mol. The SMILES string of the molecule is Nc1ccc(N=Nc2c(S(=O)(=O)O)cc3cc(N=Nc4c(S(=O)(=O)O)cc5ccc(N)cc5c4O)ccc3c2O)cc1. The molecule has 0 fully saturated rings. The zero-order chi connectivity index (χ0) is 30.4. The molecule has 8 N–H and O–H groups in total. The molecule has 0 aliphatic rings. The van der Waals surface area contributed by atoms with Crippen LogP contribution in [0.2, 0.25) is 0 Å². The van der Waals surface area contributed by atoms with Crippen LogP contribution in [0.25, 0.3) is 21.5 Å². The standard InChI is InChI=1S/C26H20N6O8S2/c27-15-3-5-17(6-4-15)29-31-23-22(42(38,39)40)11-14-9-18(7-8-19(14)25(23)33)30-32-24-21(41(35,36)37)10-13-1-2-16(28)12-20(13)26(24)34/h1-12,33-34H,27-28H2,(H,35,36,37)(H,38,39,40). The van der Waals surface area contributed by atoms with Gasteiger partial charge in [0.2, 0.25) is 0 Å². The summed E-state index contributed by atoms with van der Waals surface area (Å²) in [6.07, 6.45) is 0. The molecule has 0 saturated heterocycles. The van der Waals surface area contributed by atoms with E-state index in [9.17, 15) is 36.2 Å². The summed E-state index contributed by atoms with van der Waals surface area (Å²) in [5, 5.41) is 37.7. The first-order valence-corrected chi connectivity index (χ1v) is 14.6. The van der Waals surface area contributed by atoms with E-state index in [0.29, 0.717) is 11.4 Å². The third-order valence-electron chi connectivity index (χ3n) is 6.09. The minimum atomic E-state index is -4.90. The van der Waals surface area contributed by atoms with Crippen LogP contribution in [0, 0.1) is 0 Å². The molecular formula is C26H20N6O8S2. The number of nitrogens with zero attached hydrogens (tertiary/aromatic N) is 4. The summed E-state index contributed by atoms with van der Waals surface area (Å²) in [5.41, 5.74) is 11.4. The zero-order valence-corrected chi connectivity index (χ0v) is 22.7. The lowest BCUT2D eigenvalue weighted by molar-refractivity contribution is 0.472. The van der Waals surface area contributed by atoms with Gasteiger partial charge in [0.15, 0.2) is 11.5 Å². The number of anilines is 2. The molecule has 0 aliphatic carbocycles. The van der Waals surface area contributed by atoms with E-state index in [1.54, 1.807) is 12.1 Å². The summed E-state index contributed by atoms with van der Waals surface area (Å²) in [7, 11) is -9.76. The molecule has 0 saturated carbocycles. The van der Waals surface area contributed by atoms with Crippen molar-refractivity contribution >= 4 is 75.9 Å². The fraction of sp³-hybridized carbons (Fsp3) is 0. The molecule has 0 amide bonds. The van der Waals surface area contributed by atoms with Crippen LogP contribution in [0.15, 0.2) is 103 Å². The first-order valence-electron chi connectivity index (χ1n) is 11.7. The maximum absolute atomic E-state index is 12.2. The quantitative estimate of drug-likeness (QED) is 0.0756. The second-order valence-electron chi connectivity index (χ2n) is 8.97. The lowest BCUT2D eigenvalue weighted by atomic mass is 10.1. The van der Waals surface area contributed by atoms with Crippen LogP contribution in [0.5, 0.6) is 11.5 Å². The number of fused-ring (bicyclic) bond motifs is 2. The number of azo groups is 2. The van der Waals surface area contributed by atoms with Crippen LogP contribution in [0.4, 0.5) is 34.1 Å². The largest absolute Gasteiger partial charge is 0.505 e. The summed E-state index contributed by atoms with van der Waals surface area (Å²) >= 11 is 0. The van der Waals surface area contributed by atoms with Crippen molar-refractivity contribution in [2.24, 2.45) is 20.5 Å². The van der Waals surface area contributed by atoms with Crippen LogP contribution in [0.3, 0.4) is 0 Å². The molecule has 0 atom stereocenters. The average Bonchev–Trinajstić information content (AvgIpc) is 2.92. The van der Waals surface area contributed by atoms with E-state index < -0.39 is 52.9 Å². The molecule has 5 rings (SSSR count). The van der Waals surface area contributed by atoms with Crippen LogP contribution in [-0.2, 0) is 20.2 Å². The third kappa shape index (κ3) is 5.54. The highest BCUT2D eigenvalue weighted by molar-refractivity contribution is 7.86. The van der Waals surface area contributed by atoms with E-state index in [1.165, 1.54) is 48.5 Å². The van der Waals surface area contributed by atoms with Crippen LogP contribution >= 0.6 is 0 Å². The first kappa shape index (κ1) is 28.4. The fourth-order valence-corrected chi connectivity index (χ4v) is 5.42. The highest BCUT2D eigenvalue weighted by Gasteiger charge is 2.24. The van der Waals surface area contributed by atoms with Gasteiger partial charge in [-0.05, 0) is 77.5 Å². The van der Waals surface area contributed by atoms with E-state index in [2.05, 4.69) is 20.5 Å². The first-order chi connectivity index (χ1) is 19.7. The number of phenolic OH excluding ortho intramolecular Hbond substituents is 2. The second kappa shape index (κ2) is 10.3. The van der Waals surface area contributed by atoms with Gasteiger partial charge >= 0.3 is 0 Å². The molecule has 0 bridgehead atoms. The molecule has 5 aromatic carbocycles. The molecule has 0 unspecified atom stereocenters. The number of nitrogens with two attached hydrogens (primary N) is 2. The Morgan fingerprint density at radius 3 is 1.62 bits per heavy atom. The Morgan fingerprint density at radius 2 is 1.02 bits per heavy atom. The normalized spacial score (nSPS) is 12.6. The van der Waals surface area contributed by atoms with Crippen molar-refractivity contribution < 1.29 is 36.2 Å². The number of hydrogen-bond acceptors (Lipinski definition) is 12. The molecule has 0 aromatic heterocycles. The molecule has 42 heavy (non-hydrogen) atoms. The minimum absolute atomic E-state index is 0.0211. The third-order valence-corrected chi connectivity index (χ3v) is 7.83. The zero-order valence-electron chi connectivity index (χ0n) is 21.1. The molecule has 214 valence electrons. The number of phenols is 2. The number of benzene rings is 5. The van der Waals surface area contributed by atoms with Gasteiger partial charge in [-0.15, -0.1) is 10.2 Å². The van der Waals surface area contributed by atoms with Gasteiger partial charge in [-0.2, -0.15) is 27.1 Å². The number of hydrogen-bond donors (Lipinski definition) is 6. The number of rotatable bonds is 6. The smallest absolute Gasteiger partial charge is 0.296 e. The van der Waals surface area contributed by atoms with Crippen LogP contribution in [0.1, 0.15) is 0 Å². The average molecular weight is 609 g/mol. The Bertz CT molecular complexity index is 2180. The molecule has 14 nitrogen and oxygen atoms in total. The lowest BCUT2D eigenvalue weighted by Gasteiger charge is -2.10. The Kier molecular flexibility index (Phi) is 6.99. The van der Waals surface area contributed by atoms with Crippen molar-refractivity contribution in [2.45, 2.75) is 9.79 Å². The van der Waals surface area contributed by atoms with Gasteiger partial charge in [-0.1, -0.05) is 6.07 Å². The van der Waals surface area contributed by atoms with Gasteiger partial charge in [-0.25, -0.2) is 0 Å². The van der Waals surface area contributed by atoms with Gasteiger partial charge in [0.1, 0.15) is 21.2 Å².